The lowest BCUT2D eigenvalue weighted by Crippen LogP contribution is -2.30. The molecule has 0 bridgehead atoms. The lowest BCUT2D eigenvalue weighted by atomic mass is 10.0. The fourth-order valence-electron chi connectivity index (χ4n) is 2.29. The number of benzene rings is 2. The first kappa shape index (κ1) is 17.0. The molecule has 2 rings (SSSR count). The third-order valence-electron chi connectivity index (χ3n) is 3.56. The molecule has 0 saturated carbocycles. The van der Waals surface area contributed by atoms with Gasteiger partial charge in [0.1, 0.15) is 0 Å². The Kier molecular flexibility index (Phi) is 5.06. The molecule has 0 unspecified atom stereocenters. The van der Waals surface area contributed by atoms with Crippen LogP contribution in [-0.4, -0.2) is 24.0 Å². The molecule has 0 saturated heterocycles. The van der Waals surface area contributed by atoms with Crippen LogP contribution in [0.15, 0.2) is 42.5 Å². The number of anilines is 1. The summed E-state index contributed by atoms with van der Waals surface area (Å²) in [7, 11) is 1.64. The minimum Gasteiger partial charge on any atom is -0.478 e. The third-order valence-corrected chi connectivity index (χ3v) is 3.89. The Morgan fingerprint density at radius 2 is 1.78 bits per heavy atom. The number of carboxylic acid groups (broad SMARTS) is 1. The number of amides is 1. The molecule has 120 valence electrons. The second-order valence-electron chi connectivity index (χ2n) is 5.61. The van der Waals surface area contributed by atoms with E-state index in [1.54, 1.807) is 39.1 Å². The fraction of sp³-hybridized carbons (Fsp3) is 0.222. The predicted octanol–water partition coefficient (Wildman–Crippen LogP) is 4.32. The zero-order valence-electron chi connectivity index (χ0n) is 13.2. The molecule has 2 aromatic rings. The van der Waals surface area contributed by atoms with E-state index in [2.05, 4.69) is 0 Å². The Balaban J connectivity index is 2.59. The molecule has 23 heavy (non-hydrogen) atoms. The highest BCUT2D eigenvalue weighted by Crippen LogP contribution is 2.31. The van der Waals surface area contributed by atoms with Crippen LogP contribution in [0.4, 0.5) is 5.69 Å². The van der Waals surface area contributed by atoms with Gasteiger partial charge in [0.05, 0.1) is 5.56 Å². The van der Waals surface area contributed by atoms with Crippen molar-refractivity contribution in [2.75, 3.05) is 11.9 Å². The van der Waals surface area contributed by atoms with Crippen LogP contribution in [0, 0.1) is 5.92 Å². The van der Waals surface area contributed by atoms with Crippen molar-refractivity contribution in [3.05, 3.63) is 53.1 Å². The minimum absolute atomic E-state index is 0.0855. The molecule has 0 spiro atoms. The van der Waals surface area contributed by atoms with Crippen LogP contribution in [0.1, 0.15) is 24.2 Å². The lowest BCUT2D eigenvalue weighted by Gasteiger charge is -2.21. The fourth-order valence-corrected chi connectivity index (χ4v) is 2.54. The Hall–Kier alpha value is -2.33. The van der Waals surface area contributed by atoms with Gasteiger partial charge in [0.15, 0.2) is 0 Å². The number of hydrogen-bond acceptors (Lipinski definition) is 2. The summed E-state index contributed by atoms with van der Waals surface area (Å²) in [6.07, 6.45) is 0. The summed E-state index contributed by atoms with van der Waals surface area (Å²) in [5.74, 6) is -1.32. The average molecular weight is 332 g/mol. The van der Waals surface area contributed by atoms with E-state index in [1.807, 2.05) is 18.2 Å². The second kappa shape index (κ2) is 6.84. The molecule has 5 heteroatoms. The molecular weight excluding hydrogens is 314 g/mol. The van der Waals surface area contributed by atoms with Gasteiger partial charge in [-0.25, -0.2) is 4.79 Å². The van der Waals surface area contributed by atoms with Crippen LogP contribution in [0.5, 0.6) is 0 Å². The zero-order chi connectivity index (χ0) is 17.1. The first-order valence-electron chi connectivity index (χ1n) is 7.22. The van der Waals surface area contributed by atoms with Gasteiger partial charge in [-0.2, -0.15) is 0 Å². The highest BCUT2D eigenvalue weighted by Gasteiger charge is 2.18. The van der Waals surface area contributed by atoms with Gasteiger partial charge in [-0.05, 0) is 29.8 Å². The SMILES string of the molecule is CC(C)C(=O)N(C)c1cc(C(=O)O)cc(-c2ccccc2Cl)c1. The number of carbonyl (C=O) groups is 2. The van der Waals surface area contributed by atoms with Gasteiger partial charge in [-0.1, -0.05) is 43.6 Å². The van der Waals surface area contributed by atoms with E-state index in [4.69, 9.17) is 11.6 Å². The number of rotatable bonds is 4. The van der Waals surface area contributed by atoms with Crippen LogP contribution in [0.2, 0.25) is 5.02 Å². The lowest BCUT2D eigenvalue weighted by molar-refractivity contribution is -0.121. The molecule has 0 radical (unpaired) electrons. The monoisotopic (exact) mass is 331 g/mol. The summed E-state index contributed by atoms with van der Waals surface area (Å²) in [6, 6.07) is 12.0. The van der Waals surface area contributed by atoms with Crippen LogP contribution >= 0.6 is 11.6 Å². The highest BCUT2D eigenvalue weighted by atomic mass is 35.5. The van der Waals surface area contributed by atoms with Crippen LogP contribution in [0.3, 0.4) is 0 Å². The van der Waals surface area contributed by atoms with E-state index in [0.717, 1.165) is 5.56 Å². The Morgan fingerprint density at radius 1 is 1.13 bits per heavy atom. The van der Waals surface area contributed by atoms with Crippen molar-refractivity contribution in [1.82, 2.24) is 0 Å². The smallest absolute Gasteiger partial charge is 0.335 e. The Morgan fingerprint density at radius 3 is 2.35 bits per heavy atom. The molecule has 2 aromatic carbocycles. The summed E-state index contributed by atoms with van der Waals surface area (Å²) in [6.45, 7) is 3.60. The first-order chi connectivity index (χ1) is 10.8. The highest BCUT2D eigenvalue weighted by molar-refractivity contribution is 6.33. The second-order valence-corrected chi connectivity index (χ2v) is 6.01. The quantitative estimate of drug-likeness (QED) is 0.907. The number of halogens is 1. The molecule has 1 amide bonds. The van der Waals surface area contributed by atoms with Gasteiger partial charge in [0.2, 0.25) is 5.91 Å². The molecule has 0 fully saturated rings. The predicted molar refractivity (Wildman–Crippen MR) is 92.1 cm³/mol. The number of hydrogen-bond donors (Lipinski definition) is 1. The maximum Gasteiger partial charge on any atom is 0.335 e. The maximum atomic E-state index is 12.2. The van der Waals surface area contributed by atoms with E-state index in [9.17, 15) is 14.7 Å². The van der Waals surface area contributed by atoms with Gasteiger partial charge in [0, 0.05) is 29.2 Å². The van der Waals surface area contributed by atoms with Gasteiger partial charge in [-0.15, -0.1) is 0 Å². The largest absolute Gasteiger partial charge is 0.478 e. The number of carbonyl (C=O) groups excluding carboxylic acids is 1. The summed E-state index contributed by atoms with van der Waals surface area (Å²) in [4.78, 5) is 25.1. The van der Waals surface area contributed by atoms with Crippen LogP contribution < -0.4 is 4.90 Å². The van der Waals surface area contributed by atoms with Crippen molar-refractivity contribution in [3.63, 3.8) is 0 Å². The topological polar surface area (TPSA) is 57.6 Å². The van der Waals surface area contributed by atoms with Crippen molar-refractivity contribution in [2.24, 2.45) is 5.92 Å². The Bertz CT molecular complexity index is 756. The average Bonchev–Trinajstić information content (AvgIpc) is 2.53. The van der Waals surface area contributed by atoms with Gasteiger partial charge >= 0.3 is 5.97 Å². The number of carboxylic acids is 1. The number of nitrogens with zero attached hydrogens (tertiary/aromatic N) is 1. The summed E-state index contributed by atoms with van der Waals surface area (Å²) in [5, 5.41) is 9.87. The standard InChI is InChI=1S/C18H18ClNO3/c1-11(2)17(21)20(3)14-9-12(8-13(10-14)18(22)23)15-6-4-5-7-16(15)19/h4-11H,1-3H3,(H,22,23). The molecule has 0 aliphatic carbocycles. The van der Waals surface area contributed by atoms with Crippen LogP contribution in [0.25, 0.3) is 11.1 Å². The molecule has 0 aliphatic heterocycles. The Labute approximate surface area is 140 Å². The third kappa shape index (κ3) is 3.71. The van der Waals surface area contributed by atoms with E-state index in [-0.39, 0.29) is 17.4 Å². The molecule has 4 nitrogen and oxygen atoms in total. The molecular formula is C18H18ClNO3. The summed E-state index contributed by atoms with van der Waals surface area (Å²) >= 11 is 6.21. The molecule has 1 N–H and O–H groups in total. The zero-order valence-corrected chi connectivity index (χ0v) is 14.0. The van der Waals surface area contributed by atoms with Crippen molar-refractivity contribution in [2.45, 2.75) is 13.8 Å². The minimum atomic E-state index is -1.05. The van der Waals surface area contributed by atoms with Gasteiger partial charge in [0.25, 0.3) is 0 Å². The summed E-state index contributed by atoms with van der Waals surface area (Å²) < 4.78 is 0. The molecule has 0 aliphatic rings. The van der Waals surface area contributed by atoms with E-state index in [0.29, 0.717) is 16.3 Å². The van der Waals surface area contributed by atoms with Crippen molar-refractivity contribution in [1.29, 1.82) is 0 Å². The van der Waals surface area contributed by atoms with E-state index in [1.165, 1.54) is 11.0 Å². The van der Waals surface area contributed by atoms with Gasteiger partial charge in [-0.3, -0.25) is 4.79 Å². The van der Waals surface area contributed by atoms with E-state index >= 15 is 0 Å². The molecule has 0 heterocycles. The maximum absolute atomic E-state index is 12.2. The van der Waals surface area contributed by atoms with Gasteiger partial charge < -0.3 is 10.0 Å². The van der Waals surface area contributed by atoms with Crippen LogP contribution in [-0.2, 0) is 4.79 Å². The molecule has 0 aromatic heterocycles. The van der Waals surface area contributed by atoms with Crippen molar-refractivity contribution in [3.8, 4) is 11.1 Å². The normalized spacial score (nSPS) is 10.7. The van der Waals surface area contributed by atoms with Crippen molar-refractivity contribution < 1.29 is 14.7 Å². The molecule has 0 atom stereocenters. The number of aromatic carboxylic acids is 1. The van der Waals surface area contributed by atoms with Crippen molar-refractivity contribution >= 4 is 29.2 Å². The van der Waals surface area contributed by atoms with E-state index < -0.39 is 5.97 Å². The first-order valence-corrected chi connectivity index (χ1v) is 7.60. The summed E-state index contributed by atoms with van der Waals surface area (Å²) in [5.41, 5.74) is 2.03.